The fraction of sp³-hybridized carbons (Fsp3) is 0.636. The van der Waals surface area contributed by atoms with Gasteiger partial charge in [-0.3, -0.25) is 9.69 Å². The van der Waals surface area contributed by atoms with Crippen LogP contribution in [0.5, 0.6) is 0 Å². The van der Waals surface area contributed by atoms with E-state index in [4.69, 9.17) is 13.9 Å². The summed E-state index contributed by atoms with van der Waals surface area (Å²) < 4.78 is 16.6. The number of nitrogens with one attached hydrogen (secondary N) is 2. The Kier molecular flexibility index (Phi) is 6.86. The van der Waals surface area contributed by atoms with Gasteiger partial charge in [0.15, 0.2) is 17.6 Å². The van der Waals surface area contributed by atoms with E-state index >= 15 is 0 Å². The topological polar surface area (TPSA) is 180 Å². The second-order valence-electron chi connectivity index (χ2n) is 9.75. The molecule has 2 aliphatic heterocycles. The molecule has 2 aliphatic rings. The van der Waals surface area contributed by atoms with Crippen LogP contribution in [0, 0.1) is 0 Å². The van der Waals surface area contributed by atoms with Crippen molar-refractivity contribution in [2.75, 3.05) is 11.9 Å². The quantitative estimate of drug-likeness (QED) is 0.386. The van der Waals surface area contributed by atoms with Crippen LogP contribution in [0.4, 0.5) is 10.6 Å². The normalized spacial score (nSPS) is 31.4. The van der Waals surface area contributed by atoms with E-state index in [1.807, 2.05) is 0 Å². The Morgan fingerprint density at radius 2 is 1.94 bits per heavy atom. The molecule has 0 unspecified atom stereocenters. The summed E-state index contributed by atoms with van der Waals surface area (Å²) >= 11 is 0. The number of aromatic nitrogens is 2. The second kappa shape index (κ2) is 9.57. The Labute approximate surface area is 201 Å². The van der Waals surface area contributed by atoms with Crippen molar-refractivity contribution in [1.29, 1.82) is 0 Å². The molecule has 0 radical (unpaired) electrons. The number of nitrogens with zero attached hydrogens (tertiary/aromatic N) is 3. The van der Waals surface area contributed by atoms with Crippen LogP contribution < -0.4 is 10.6 Å². The van der Waals surface area contributed by atoms with E-state index in [9.17, 15) is 24.9 Å². The maximum absolute atomic E-state index is 13.1. The van der Waals surface area contributed by atoms with Crippen LogP contribution in [0.3, 0.4) is 0 Å². The van der Waals surface area contributed by atoms with Crippen LogP contribution in [-0.4, -0.2) is 97.1 Å². The monoisotopic (exact) mass is 493 g/mol. The maximum Gasteiger partial charge on any atom is 0.411 e. The first-order valence-electron chi connectivity index (χ1n) is 11.4. The van der Waals surface area contributed by atoms with E-state index in [2.05, 4.69) is 20.6 Å². The number of carbonyl (C=O) groups is 2. The molecule has 4 rings (SSSR count). The molecule has 7 atom stereocenters. The van der Waals surface area contributed by atoms with Gasteiger partial charge in [-0.05, 0) is 34.1 Å². The van der Waals surface area contributed by atoms with Crippen molar-refractivity contribution in [3.63, 3.8) is 0 Å². The van der Waals surface area contributed by atoms with Gasteiger partial charge < -0.3 is 39.8 Å². The smallest absolute Gasteiger partial charge is 0.411 e. The molecule has 0 saturated carbocycles. The molecule has 13 nitrogen and oxygen atoms in total. The Bertz CT molecular complexity index is 1070. The number of likely N-dealkylation sites (tertiary alicyclic amines) is 1. The van der Waals surface area contributed by atoms with Gasteiger partial charge in [0.25, 0.3) is 0 Å². The van der Waals surface area contributed by atoms with Crippen LogP contribution in [0.2, 0.25) is 0 Å². The van der Waals surface area contributed by atoms with Crippen molar-refractivity contribution in [3.05, 3.63) is 18.7 Å². The van der Waals surface area contributed by atoms with Gasteiger partial charge in [-0.2, -0.15) is 0 Å². The van der Waals surface area contributed by atoms with E-state index in [-0.39, 0.29) is 18.8 Å². The maximum atomic E-state index is 13.1. The van der Waals surface area contributed by atoms with Gasteiger partial charge in [0.05, 0.1) is 24.5 Å². The molecular weight excluding hydrogens is 462 g/mol. The minimum absolute atomic E-state index is 0.141. The van der Waals surface area contributed by atoms with Crippen molar-refractivity contribution in [2.45, 2.75) is 82.4 Å². The number of furan rings is 1. The Morgan fingerprint density at radius 1 is 1.20 bits per heavy atom. The molecule has 13 heteroatoms. The number of aliphatic hydroxyl groups excluding tert-OH is 3. The molecule has 0 aromatic carbocycles. The third-order valence-electron chi connectivity index (χ3n) is 5.99. The van der Waals surface area contributed by atoms with Crippen molar-refractivity contribution < 1.29 is 38.8 Å². The van der Waals surface area contributed by atoms with E-state index in [0.717, 1.165) is 4.90 Å². The molecule has 2 saturated heterocycles. The first-order chi connectivity index (χ1) is 16.5. The zero-order chi connectivity index (χ0) is 25.5. The van der Waals surface area contributed by atoms with Gasteiger partial charge in [0, 0.05) is 12.6 Å². The summed E-state index contributed by atoms with van der Waals surface area (Å²) in [6.07, 6.45) is -3.55. The number of rotatable bonds is 4. The van der Waals surface area contributed by atoms with E-state index in [0.29, 0.717) is 11.1 Å². The molecule has 35 heavy (non-hydrogen) atoms. The molecule has 0 aliphatic carbocycles. The molecule has 0 bridgehead atoms. The number of ether oxygens (including phenoxy) is 2. The molecule has 2 aromatic rings. The highest BCUT2D eigenvalue weighted by Gasteiger charge is 2.47. The lowest BCUT2D eigenvalue weighted by Crippen LogP contribution is -2.66. The van der Waals surface area contributed by atoms with Crippen LogP contribution in [0.15, 0.2) is 23.1 Å². The van der Waals surface area contributed by atoms with Gasteiger partial charge in [0.1, 0.15) is 35.7 Å². The van der Waals surface area contributed by atoms with E-state index in [1.165, 1.54) is 12.6 Å². The zero-order valence-electron chi connectivity index (χ0n) is 19.9. The largest absolute Gasteiger partial charge is 0.459 e. The number of aliphatic hydroxyl groups is 3. The average molecular weight is 494 g/mol. The fourth-order valence-corrected chi connectivity index (χ4v) is 4.28. The molecule has 0 spiro atoms. The third-order valence-corrected chi connectivity index (χ3v) is 5.99. The lowest BCUT2D eigenvalue weighted by atomic mass is 9.95. The third kappa shape index (κ3) is 5.17. The highest BCUT2D eigenvalue weighted by Crippen LogP contribution is 2.27. The standard InChI is InChI=1S/C22H31N5O8/c1-10-13(25-19(31)14-12(28)5-7-27(14)21(32)35-22(2,3)4)15(29)16(30)20(34-10)26-18-17-11(6-8-33-17)23-9-24-18/h6,8-10,12-16,20,28-30H,5,7H2,1-4H3,(H,25,31)(H,23,24,26)/t10-,12-,13-,14+,15+,16-,20-/m0/s1. The van der Waals surface area contributed by atoms with Crippen molar-refractivity contribution in [1.82, 2.24) is 20.2 Å². The van der Waals surface area contributed by atoms with Gasteiger partial charge in [-0.25, -0.2) is 14.8 Å². The van der Waals surface area contributed by atoms with Crippen molar-refractivity contribution >= 4 is 28.9 Å². The number of carbonyl (C=O) groups excluding carboxylic acids is 2. The lowest BCUT2D eigenvalue weighted by molar-refractivity contribution is -0.174. The Hall–Kier alpha value is -3.00. The average Bonchev–Trinajstić information content (AvgIpc) is 3.41. The number of hydrogen-bond acceptors (Lipinski definition) is 11. The fourth-order valence-electron chi connectivity index (χ4n) is 4.28. The predicted octanol–water partition coefficient (Wildman–Crippen LogP) is -0.0436. The summed E-state index contributed by atoms with van der Waals surface area (Å²) in [6, 6.07) is -0.565. The SMILES string of the molecule is C[C@@H]1O[C@H](Nc2ncnc3ccoc23)[C@@H](O)[C@H](O)[C@H]1NC(=O)[C@H]1[C@@H](O)CCN1C(=O)OC(C)(C)C. The summed E-state index contributed by atoms with van der Waals surface area (Å²) in [5.74, 6) is -0.417. The minimum Gasteiger partial charge on any atom is -0.459 e. The molecule has 192 valence electrons. The highest BCUT2D eigenvalue weighted by molar-refractivity contribution is 5.87. The highest BCUT2D eigenvalue weighted by atomic mass is 16.6. The number of hydrogen-bond donors (Lipinski definition) is 5. The van der Waals surface area contributed by atoms with Gasteiger partial charge in [-0.15, -0.1) is 0 Å². The van der Waals surface area contributed by atoms with Crippen LogP contribution in [0.25, 0.3) is 11.1 Å². The summed E-state index contributed by atoms with van der Waals surface area (Å²) in [7, 11) is 0. The minimum atomic E-state index is -1.45. The first-order valence-corrected chi connectivity index (χ1v) is 11.4. The second-order valence-corrected chi connectivity index (χ2v) is 9.75. The van der Waals surface area contributed by atoms with Crippen LogP contribution in [0.1, 0.15) is 34.1 Å². The molecular formula is C22H31N5O8. The van der Waals surface area contributed by atoms with Crippen molar-refractivity contribution in [2.24, 2.45) is 0 Å². The summed E-state index contributed by atoms with van der Waals surface area (Å²) in [5, 5.41) is 37.4. The summed E-state index contributed by atoms with van der Waals surface area (Å²) in [5.41, 5.74) is 0.138. The number of anilines is 1. The van der Waals surface area contributed by atoms with Crippen molar-refractivity contribution in [3.8, 4) is 0 Å². The Balaban J connectivity index is 1.44. The van der Waals surface area contributed by atoms with Crippen LogP contribution >= 0.6 is 0 Å². The van der Waals surface area contributed by atoms with E-state index in [1.54, 1.807) is 33.8 Å². The molecule has 4 heterocycles. The Morgan fingerprint density at radius 3 is 2.66 bits per heavy atom. The molecule has 5 N–H and O–H groups in total. The lowest BCUT2D eigenvalue weighted by Gasteiger charge is -2.42. The molecule has 2 amide bonds. The van der Waals surface area contributed by atoms with Gasteiger partial charge in [0.2, 0.25) is 5.91 Å². The first kappa shape index (κ1) is 25.1. The molecule has 2 aromatic heterocycles. The zero-order valence-corrected chi connectivity index (χ0v) is 19.9. The van der Waals surface area contributed by atoms with Gasteiger partial charge in [-0.1, -0.05) is 0 Å². The summed E-state index contributed by atoms with van der Waals surface area (Å²) in [4.78, 5) is 35.0. The number of amides is 2. The van der Waals surface area contributed by atoms with Gasteiger partial charge >= 0.3 is 6.09 Å². The van der Waals surface area contributed by atoms with Crippen LogP contribution in [-0.2, 0) is 14.3 Å². The predicted molar refractivity (Wildman–Crippen MR) is 121 cm³/mol. The van der Waals surface area contributed by atoms with E-state index < -0.39 is 60.3 Å². The molecule has 2 fully saturated rings. The number of fused-ring (bicyclic) bond motifs is 1. The summed E-state index contributed by atoms with van der Waals surface area (Å²) in [6.45, 7) is 6.87.